The maximum atomic E-state index is 9.41. The molecule has 1 aliphatic carbocycles. The predicted molar refractivity (Wildman–Crippen MR) is 83.0 cm³/mol. The molecule has 0 bridgehead atoms. The second-order valence-electron chi connectivity index (χ2n) is 4.68. The lowest BCUT2D eigenvalue weighted by Crippen LogP contribution is -2.07. The van der Waals surface area contributed by atoms with Crippen LogP contribution in [0.1, 0.15) is 25.1 Å². The van der Waals surface area contributed by atoms with E-state index in [1.807, 2.05) is 27.0 Å². The Kier molecular flexibility index (Phi) is 4.61. The van der Waals surface area contributed by atoms with Gasteiger partial charge in [-0.3, -0.25) is 4.98 Å². The number of methoxy groups -OCH3 is 1. The monoisotopic (exact) mass is 285 g/mol. The van der Waals surface area contributed by atoms with Gasteiger partial charge in [0.15, 0.2) is 5.75 Å². The van der Waals surface area contributed by atoms with Crippen molar-refractivity contribution in [3.63, 3.8) is 0 Å². The van der Waals surface area contributed by atoms with Gasteiger partial charge in [0.25, 0.3) is 0 Å². The van der Waals surface area contributed by atoms with Crippen LogP contribution in [-0.2, 0) is 4.74 Å². The molecule has 1 atom stereocenters. The van der Waals surface area contributed by atoms with Crippen LogP contribution in [0.5, 0.6) is 5.75 Å². The van der Waals surface area contributed by atoms with Gasteiger partial charge < -0.3 is 14.8 Å². The average molecular weight is 285 g/mol. The Morgan fingerprint density at radius 1 is 1.48 bits per heavy atom. The Labute approximate surface area is 124 Å². The number of pyridine rings is 1. The van der Waals surface area contributed by atoms with Crippen molar-refractivity contribution in [3.8, 4) is 11.8 Å². The standard InChI is InChI=1S/C16H19N3O2/c1-5-21-14-9-19-15-11(8-17)7-13(20-4)10(2)6-12(15)16(14)18-3/h6-7,9,13H,5H2,1-4H3,(H,18,19). The Hall–Kier alpha value is -2.32. The van der Waals surface area contributed by atoms with E-state index in [2.05, 4.69) is 16.4 Å². The summed E-state index contributed by atoms with van der Waals surface area (Å²) in [6.45, 7) is 4.45. The highest BCUT2D eigenvalue weighted by atomic mass is 16.5. The van der Waals surface area contributed by atoms with E-state index in [1.54, 1.807) is 19.4 Å². The van der Waals surface area contributed by atoms with Crippen molar-refractivity contribution in [2.75, 3.05) is 26.1 Å². The third-order valence-corrected chi connectivity index (χ3v) is 3.40. The normalized spacial score (nSPS) is 17.0. The van der Waals surface area contributed by atoms with E-state index in [1.165, 1.54) is 0 Å². The van der Waals surface area contributed by atoms with Gasteiger partial charge in [-0.15, -0.1) is 0 Å². The molecule has 1 aromatic rings. The molecule has 0 aliphatic heterocycles. The fourth-order valence-corrected chi connectivity index (χ4v) is 2.40. The third kappa shape index (κ3) is 2.76. The predicted octanol–water partition coefficient (Wildman–Crippen LogP) is 2.86. The number of hydrogen-bond donors (Lipinski definition) is 1. The number of rotatable bonds is 4. The maximum absolute atomic E-state index is 9.41. The van der Waals surface area contributed by atoms with Crippen LogP contribution in [0.3, 0.4) is 0 Å². The van der Waals surface area contributed by atoms with Gasteiger partial charge in [-0.2, -0.15) is 5.26 Å². The lowest BCUT2D eigenvalue weighted by atomic mass is 10.1. The quantitative estimate of drug-likeness (QED) is 0.921. The summed E-state index contributed by atoms with van der Waals surface area (Å²) in [5, 5.41) is 12.6. The summed E-state index contributed by atoms with van der Waals surface area (Å²) >= 11 is 0. The Balaban J connectivity index is 2.71. The van der Waals surface area contributed by atoms with E-state index in [-0.39, 0.29) is 6.10 Å². The van der Waals surface area contributed by atoms with Crippen LogP contribution in [0.2, 0.25) is 0 Å². The molecular weight excluding hydrogens is 266 g/mol. The van der Waals surface area contributed by atoms with Gasteiger partial charge in [0, 0.05) is 19.7 Å². The summed E-state index contributed by atoms with van der Waals surface area (Å²) < 4.78 is 11.0. The topological polar surface area (TPSA) is 67.2 Å². The molecule has 21 heavy (non-hydrogen) atoms. The number of anilines is 1. The Morgan fingerprint density at radius 3 is 2.81 bits per heavy atom. The molecule has 0 aromatic carbocycles. The van der Waals surface area contributed by atoms with Crippen molar-refractivity contribution in [2.45, 2.75) is 20.0 Å². The van der Waals surface area contributed by atoms with Gasteiger partial charge >= 0.3 is 0 Å². The maximum Gasteiger partial charge on any atom is 0.161 e. The van der Waals surface area contributed by atoms with Crippen molar-refractivity contribution in [1.82, 2.24) is 4.98 Å². The number of fused-ring (bicyclic) bond motifs is 1. The lowest BCUT2D eigenvalue weighted by Gasteiger charge is -2.15. The first-order valence-corrected chi connectivity index (χ1v) is 6.83. The van der Waals surface area contributed by atoms with Crippen LogP contribution in [0.15, 0.2) is 17.8 Å². The van der Waals surface area contributed by atoms with Crippen LogP contribution in [0.25, 0.3) is 11.6 Å². The number of aromatic nitrogens is 1. The van der Waals surface area contributed by atoms with Crippen molar-refractivity contribution in [3.05, 3.63) is 29.1 Å². The second kappa shape index (κ2) is 6.42. The van der Waals surface area contributed by atoms with E-state index in [9.17, 15) is 5.26 Å². The van der Waals surface area contributed by atoms with Crippen LogP contribution < -0.4 is 10.1 Å². The van der Waals surface area contributed by atoms with Gasteiger partial charge in [-0.05, 0) is 31.6 Å². The van der Waals surface area contributed by atoms with Gasteiger partial charge in [-0.1, -0.05) is 0 Å². The van der Waals surface area contributed by atoms with E-state index >= 15 is 0 Å². The molecule has 2 rings (SSSR count). The smallest absolute Gasteiger partial charge is 0.161 e. The first-order valence-electron chi connectivity index (χ1n) is 6.83. The number of nitrogens with zero attached hydrogens (tertiary/aromatic N) is 2. The summed E-state index contributed by atoms with van der Waals surface area (Å²) in [5.74, 6) is 0.677. The molecule has 5 heteroatoms. The molecule has 0 fully saturated rings. The number of hydrogen-bond acceptors (Lipinski definition) is 5. The summed E-state index contributed by atoms with van der Waals surface area (Å²) in [5.41, 5.74) is 3.84. The molecule has 1 unspecified atom stereocenters. The van der Waals surface area contributed by atoms with E-state index in [0.29, 0.717) is 23.6 Å². The fraction of sp³-hybridized carbons (Fsp3) is 0.375. The van der Waals surface area contributed by atoms with Gasteiger partial charge in [-0.25, -0.2) is 0 Å². The largest absolute Gasteiger partial charge is 0.490 e. The molecule has 1 heterocycles. The zero-order valence-corrected chi connectivity index (χ0v) is 12.7. The van der Waals surface area contributed by atoms with Crippen LogP contribution in [-0.4, -0.2) is 31.9 Å². The molecule has 0 amide bonds. The van der Waals surface area contributed by atoms with E-state index in [0.717, 1.165) is 16.8 Å². The molecule has 1 aromatic heterocycles. The van der Waals surface area contributed by atoms with Crippen LogP contribution >= 0.6 is 0 Å². The average Bonchev–Trinajstić information content (AvgIpc) is 2.63. The first-order chi connectivity index (χ1) is 10.2. The fourth-order valence-electron chi connectivity index (χ4n) is 2.40. The molecular formula is C16H19N3O2. The SMILES string of the molecule is CCOc1cnc2c(c1NC)C=C(C)C(OC)C=C2C#N. The first kappa shape index (κ1) is 15.1. The zero-order valence-electron chi connectivity index (χ0n) is 12.7. The molecule has 0 saturated carbocycles. The van der Waals surface area contributed by atoms with Crippen LogP contribution in [0, 0.1) is 11.3 Å². The summed E-state index contributed by atoms with van der Waals surface area (Å²) in [4.78, 5) is 4.41. The zero-order chi connectivity index (χ0) is 15.4. The van der Waals surface area contributed by atoms with Gasteiger partial charge in [0.2, 0.25) is 0 Å². The Morgan fingerprint density at radius 2 is 2.24 bits per heavy atom. The van der Waals surface area contributed by atoms with Crippen LogP contribution in [0.4, 0.5) is 5.69 Å². The lowest BCUT2D eigenvalue weighted by molar-refractivity contribution is 0.170. The number of ether oxygens (including phenoxy) is 2. The summed E-state index contributed by atoms with van der Waals surface area (Å²) in [6, 6.07) is 2.20. The van der Waals surface area contributed by atoms with Crippen molar-refractivity contribution in [1.29, 1.82) is 5.26 Å². The molecule has 110 valence electrons. The van der Waals surface area contributed by atoms with Crippen molar-refractivity contribution in [2.24, 2.45) is 0 Å². The highest BCUT2D eigenvalue weighted by molar-refractivity contribution is 5.88. The minimum Gasteiger partial charge on any atom is -0.490 e. The second-order valence-corrected chi connectivity index (χ2v) is 4.68. The van der Waals surface area contributed by atoms with Gasteiger partial charge in [0.05, 0.1) is 35.9 Å². The minimum atomic E-state index is -0.228. The van der Waals surface area contributed by atoms with E-state index < -0.39 is 0 Å². The Bertz CT molecular complexity index is 642. The number of nitriles is 1. The highest BCUT2D eigenvalue weighted by Crippen LogP contribution is 2.36. The van der Waals surface area contributed by atoms with Crippen molar-refractivity contribution >= 4 is 17.3 Å². The molecule has 1 aliphatic rings. The number of nitrogens with one attached hydrogen (secondary N) is 1. The molecule has 1 N–H and O–H groups in total. The minimum absolute atomic E-state index is 0.228. The summed E-state index contributed by atoms with van der Waals surface area (Å²) in [6.07, 6.45) is 5.21. The molecule has 0 saturated heterocycles. The molecule has 0 radical (unpaired) electrons. The molecule has 5 nitrogen and oxygen atoms in total. The van der Waals surface area contributed by atoms with Crippen molar-refractivity contribution < 1.29 is 9.47 Å². The van der Waals surface area contributed by atoms with E-state index in [4.69, 9.17) is 9.47 Å². The third-order valence-electron chi connectivity index (χ3n) is 3.40. The molecule has 0 spiro atoms. The number of allylic oxidation sites excluding steroid dienone is 1. The van der Waals surface area contributed by atoms with Gasteiger partial charge in [0.1, 0.15) is 6.07 Å². The highest BCUT2D eigenvalue weighted by Gasteiger charge is 2.22. The summed E-state index contributed by atoms with van der Waals surface area (Å²) in [7, 11) is 3.46.